The lowest BCUT2D eigenvalue weighted by atomic mass is 10.2. The van der Waals surface area contributed by atoms with Gasteiger partial charge >= 0.3 is 0 Å². The summed E-state index contributed by atoms with van der Waals surface area (Å²) in [4.78, 5) is 1.05. The van der Waals surface area contributed by atoms with E-state index in [-0.39, 0.29) is 0 Å². The first kappa shape index (κ1) is 20.2. The number of hydrogen-bond donors (Lipinski definition) is 0. The quantitative estimate of drug-likeness (QED) is 0.310. The Kier molecular flexibility index (Phi) is 5.58. The molecular weight excluding hydrogens is 436 g/mol. The van der Waals surface area contributed by atoms with Crippen molar-refractivity contribution in [1.29, 1.82) is 5.26 Å². The molecule has 32 heavy (non-hydrogen) atoms. The third-order valence-corrected chi connectivity index (χ3v) is 6.80. The molecule has 0 fully saturated rings. The average molecular weight is 455 g/mol. The molecule has 6 nitrogen and oxygen atoms in total. The Hall–Kier alpha value is -3.67. The number of nitrogens with zero attached hydrogens (tertiary/aromatic N) is 6. The average Bonchev–Trinajstić information content (AvgIpc) is 3.57. The highest BCUT2D eigenvalue weighted by molar-refractivity contribution is 7.98. The van der Waals surface area contributed by atoms with Gasteiger partial charge in [0.25, 0.3) is 0 Å². The Balaban J connectivity index is 1.55. The molecule has 2 aromatic carbocycles. The minimum Gasteiger partial charge on any atom is -0.269 e. The molecule has 5 aromatic rings. The van der Waals surface area contributed by atoms with Crippen LogP contribution in [0.2, 0.25) is 0 Å². The van der Waals surface area contributed by atoms with Crippen molar-refractivity contribution in [2.24, 2.45) is 0 Å². The van der Waals surface area contributed by atoms with Crippen molar-refractivity contribution in [1.82, 2.24) is 24.5 Å². The molecule has 0 saturated heterocycles. The van der Waals surface area contributed by atoms with Gasteiger partial charge in [0.2, 0.25) is 0 Å². The number of para-hydroxylation sites is 2. The Morgan fingerprint density at radius 2 is 1.66 bits per heavy atom. The number of rotatable bonds is 6. The number of nitriles is 1. The number of aromatic nitrogens is 5. The van der Waals surface area contributed by atoms with Gasteiger partial charge in [-0.05, 0) is 42.6 Å². The Labute approximate surface area is 193 Å². The molecule has 0 N–H and O–H groups in total. The van der Waals surface area contributed by atoms with E-state index in [1.807, 2.05) is 89.8 Å². The number of aryl methyl sites for hydroxylation is 1. The monoisotopic (exact) mass is 454 g/mol. The fraction of sp³-hybridized carbons (Fsp3) is 0.0833. The van der Waals surface area contributed by atoms with Crippen molar-refractivity contribution >= 4 is 23.1 Å². The maximum Gasteiger partial charge on any atom is 0.196 e. The number of benzene rings is 2. The highest BCUT2D eigenvalue weighted by atomic mass is 32.2. The van der Waals surface area contributed by atoms with Crippen LogP contribution in [0, 0.1) is 18.3 Å². The molecule has 0 aliphatic rings. The summed E-state index contributed by atoms with van der Waals surface area (Å²) in [7, 11) is 0. The maximum atomic E-state index is 9.77. The van der Waals surface area contributed by atoms with Gasteiger partial charge in [0.05, 0.1) is 27.5 Å². The van der Waals surface area contributed by atoms with Crippen molar-refractivity contribution in [3.63, 3.8) is 0 Å². The summed E-state index contributed by atoms with van der Waals surface area (Å²) in [6.45, 7) is 1.87. The lowest BCUT2D eigenvalue weighted by Crippen LogP contribution is -2.03. The van der Waals surface area contributed by atoms with Crippen LogP contribution in [0.5, 0.6) is 0 Å². The fourth-order valence-electron chi connectivity index (χ4n) is 3.51. The minimum absolute atomic E-state index is 0.536. The topological polar surface area (TPSA) is 72.3 Å². The Bertz CT molecular complexity index is 1380. The fourth-order valence-corrected chi connectivity index (χ4v) is 5.16. The lowest BCUT2D eigenvalue weighted by Gasteiger charge is -2.10. The van der Waals surface area contributed by atoms with Crippen LogP contribution in [-0.2, 0) is 5.75 Å². The van der Waals surface area contributed by atoms with E-state index in [1.54, 1.807) is 23.1 Å². The summed E-state index contributed by atoms with van der Waals surface area (Å²) in [6, 6.07) is 26.4. The van der Waals surface area contributed by atoms with Crippen LogP contribution < -0.4 is 0 Å². The largest absolute Gasteiger partial charge is 0.269 e. The van der Waals surface area contributed by atoms with E-state index in [0.717, 1.165) is 38.6 Å². The second-order valence-corrected chi connectivity index (χ2v) is 8.90. The first-order valence-electron chi connectivity index (χ1n) is 9.98. The van der Waals surface area contributed by atoms with E-state index in [4.69, 9.17) is 0 Å². The Morgan fingerprint density at radius 3 is 2.31 bits per heavy atom. The number of thiophene rings is 1. The van der Waals surface area contributed by atoms with Gasteiger partial charge in [-0.15, -0.1) is 21.5 Å². The maximum absolute atomic E-state index is 9.77. The number of hydrogen-bond acceptors (Lipinski definition) is 6. The van der Waals surface area contributed by atoms with Gasteiger partial charge in [0, 0.05) is 11.4 Å². The summed E-state index contributed by atoms with van der Waals surface area (Å²) < 4.78 is 3.92. The lowest BCUT2D eigenvalue weighted by molar-refractivity contribution is 0.825. The van der Waals surface area contributed by atoms with E-state index in [1.165, 1.54) is 0 Å². The first-order valence-corrected chi connectivity index (χ1v) is 11.8. The van der Waals surface area contributed by atoms with Crippen molar-refractivity contribution < 1.29 is 0 Å². The van der Waals surface area contributed by atoms with Gasteiger partial charge in [-0.25, -0.2) is 4.68 Å². The SMILES string of the molecule is Cc1nn(-c2ccccc2)c(CSc2nnc(-c3cccs3)n2-c2ccccc2)c1C#N. The normalized spacial score (nSPS) is 10.9. The highest BCUT2D eigenvalue weighted by Gasteiger charge is 2.20. The summed E-state index contributed by atoms with van der Waals surface area (Å²) in [5.74, 6) is 1.34. The van der Waals surface area contributed by atoms with E-state index in [0.29, 0.717) is 11.3 Å². The van der Waals surface area contributed by atoms with Crippen LogP contribution in [0.3, 0.4) is 0 Å². The Morgan fingerprint density at radius 1 is 0.938 bits per heavy atom. The molecule has 0 aliphatic carbocycles. The van der Waals surface area contributed by atoms with Gasteiger partial charge in [-0.3, -0.25) is 4.57 Å². The summed E-state index contributed by atoms with van der Waals surface area (Å²) in [5, 5.41) is 26.2. The zero-order valence-corrected chi connectivity index (χ0v) is 18.8. The smallest absolute Gasteiger partial charge is 0.196 e. The summed E-state index contributed by atoms with van der Waals surface area (Å²) >= 11 is 3.18. The van der Waals surface area contributed by atoms with Gasteiger partial charge in [0.15, 0.2) is 11.0 Å². The van der Waals surface area contributed by atoms with Crippen molar-refractivity contribution in [3.8, 4) is 28.1 Å². The molecule has 0 saturated carbocycles. The van der Waals surface area contributed by atoms with Gasteiger partial charge in [-0.1, -0.05) is 54.2 Å². The molecule has 0 aliphatic heterocycles. The molecule has 0 amide bonds. The third kappa shape index (κ3) is 3.73. The van der Waals surface area contributed by atoms with Crippen LogP contribution in [0.25, 0.3) is 22.1 Å². The standard InChI is InChI=1S/C24H18N6S2/c1-17-20(15-25)21(30(28-17)19-11-6-3-7-12-19)16-32-24-27-26-23(22-13-8-14-31-22)29(24)18-9-4-2-5-10-18/h2-14H,16H2,1H3. The van der Waals surface area contributed by atoms with Gasteiger partial charge < -0.3 is 0 Å². The zero-order valence-electron chi connectivity index (χ0n) is 17.2. The highest BCUT2D eigenvalue weighted by Crippen LogP contribution is 2.33. The molecule has 3 heterocycles. The molecule has 156 valence electrons. The van der Waals surface area contributed by atoms with E-state index >= 15 is 0 Å². The van der Waals surface area contributed by atoms with Crippen LogP contribution in [0.1, 0.15) is 17.0 Å². The molecule has 0 bridgehead atoms. The van der Waals surface area contributed by atoms with Crippen molar-refractivity contribution in [2.45, 2.75) is 17.8 Å². The van der Waals surface area contributed by atoms with Crippen LogP contribution >= 0.6 is 23.1 Å². The van der Waals surface area contributed by atoms with Crippen LogP contribution in [0.4, 0.5) is 0 Å². The van der Waals surface area contributed by atoms with Crippen LogP contribution in [-0.4, -0.2) is 24.5 Å². The van der Waals surface area contributed by atoms with Crippen LogP contribution in [0.15, 0.2) is 83.3 Å². The molecule has 5 rings (SSSR count). The summed E-state index contributed by atoms with van der Waals surface area (Å²) in [5.41, 5.74) is 4.09. The zero-order chi connectivity index (χ0) is 21.9. The molecular formula is C24H18N6S2. The predicted molar refractivity (Wildman–Crippen MR) is 127 cm³/mol. The minimum atomic E-state index is 0.536. The van der Waals surface area contributed by atoms with Crippen molar-refractivity contribution in [2.75, 3.05) is 0 Å². The summed E-state index contributed by atoms with van der Waals surface area (Å²) in [6.07, 6.45) is 0. The molecule has 0 atom stereocenters. The van der Waals surface area contributed by atoms with E-state index < -0.39 is 0 Å². The predicted octanol–water partition coefficient (Wildman–Crippen LogP) is 5.65. The third-order valence-electron chi connectivity index (χ3n) is 5.00. The second-order valence-electron chi connectivity index (χ2n) is 7.01. The van der Waals surface area contributed by atoms with E-state index in [9.17, 15) is 5.26 Å². The molecule has 0 unspecified atom stereocenters. The molecule has 3 aromatic heterocycles. The second kappa shape index (κ2) is 8.83. The molecule has 8 heteroatoms. The van der Waals surface area contributed by atoms with E-state index in [2.05, 4.69) is 25.9 Å². The van der Waals surface area contributed by atoms with Gasteiger partial charge in [0.1, 0.15) is 6.07 Å². The molecule has 0 radical (unpaired) electrons. The number of thioether (sulfide) groups is 1. The molecule has 0 spiro atoms. The first-order chi connectivity index (χ1) is 15.8. The van der Waals surface area contributed by atoms with Crippen molar-refractivity contribution in [3.05, 3.63) is 95.1 Å². The van der Waals surface area contributed by atoms with Gasteiger partial charge in [-0.2, -0.15) is 10.4 Å².